The normalized spacial score (nSPS) is 13.2. The number of para-hydroxylation sites is 4. The quantitative estimate of drug-likeness (QED) is 0.155. The minimum absolute atomic E-state index is 0.0364. The Morgan fingerprint density at radius 2 is 0.661 bits per heavy atom. The summed E-state index contributed by atoms with van der Waals surface area (Å²) in [5.41, 5.74) is 16.1. The van der Waals surface area contributed by atoms with Crippen molar-refractivity contribution >= 4 is 91.2 Å². The predicted octanol–water partition coefficient (Wildman–Crippen LogP) is 12.6. The molecular weight excluding hydrogens is 794 g/mol. The fourth-order valence-electron chi connectivity index (χ4n) is 9.65. The standard InChI is InChI=1S/C54H34B2N2O2S2/c1-5-17-35(18-6-1)57(36-19-7-2-8-20-36)39-29-43-41-25-13-15-27-51(41)61-55-45-33-46-48(34-47(45)59-49(31-39)53(43)55)60-50-32-40(30-44-42-26-14-16-28-52(42)62-56(46)54(44)50)58(37-21-9-3-10-22-37)38-23-11-4-12-24-38/h1-34H. The Balaban J connectivity index is 0.983. The third kappa shape index (κ3) is 5.67. The molecule has 4 heterocycles. The Morgan fingerprint density at radius 1 is 0.306 bits per heavy atom. The van der Waals surface area contributed by atoms with Crippen LogP contribution in [0.25, 0.3) is 22.3 Å². The highest BCUT2D eigenvalue weighted by molar-refractivity contribution is 8.28. The summed E-state index contributed by atoms with van der Waals surface area (Å²) in [6.07, 6.45) is 0. The van der Waals surface area contributed by atoms with Gasteiger partial charge in [-0.15, -0.1) is 0 Å². The van der Waals surface area contributed by atoms with Crippen molar-refractivity contribution in [2.75, 3.05) is 9.80 Å². The van der Waals surface area contributed by atoms with Gasteiger partial charge in [-0.05, 0) is 117 Å². The lowest BCUT2D eigenvalue weighted by molar-refractivity contribution is 0.466. The molecule has 4 aliphatic heterocycles. The molecule has 0 N–H and O–H groups in total. The maximum atomic E-state index is 7.16. The lowest BCUT2D eigenvalue weighted by atomic mass is 9.53. The van der Waals surface area contributed by atoms with Gasteiger partial charge in [0.15, 0.2) is 0 Å². The first kappa shape index (κ1) is 35.7. The number of rotatable bonds is 6. The van der Waals surface area contributed by atoms with E-state index in [0.717, 1.165) is 57.1 Å². The summed E-state index contributed by atoms with van der Waals surface area (Å²) in [5, 5.41) is 0. The summed E-state index contributed by atoms with van der Waals surface area (Å²) in [6, 6.07) is 73.8. The van der Waals surface area contributed by atoms with Crippen molar-refractivity contribution in [1.29, 1.82) is 0 Å². The van der Waals surface area contributed by atoms with Gasteiger partial charge in [-0.1, -0.05) is 115 Å². The largest absolute Gasteiger partial charge is 0.458 e. The molecule has 0 radical (unpaired) electrons. The van der Waals surface area contributed by atoms with Crippen molar-refractivity contribution in [2.45, 2.75) is 9.79 Å². The fraction of sp³-hybridized carbons (Fsp3) is 0. The molecule has 9 aromatic carbocycles. The summed E-state index contributed by atoms with van der Waals surface area (Å²) >= 11 is 3.84. The van der Waals surface area contributed by atoms with Crippen LogP contribution in [-0.2, 0) is 0 Å². The van der Waals surface area contributed by atoms with E-state index >= 15 is 0 Å². The number of benzene rings is 9. The van der Waals surface area contributed by atoms with Crippen LogP contribution in [0.1, 0.15) is 0 Å². The van der Waals surface area contributed by atoms with E-state index in [1.165, 1.54) is 53.9 Å². The maximum Gasteiger partial charge on any atom is 0.289 e. The molecule has 0 fully saturated rings. The molecule has 13 rings (SSSR count). The Bertz CT molecular complexity index is 2930. The van der Waals surface area contributed by atoms with Crippen LogP contribution in [0.15, 0.2) is 216 Å². The molecule has 8 heteroatoms. The zero-order valence-electron chi connectivity index (χ0n) is 33.3. The van der Waals surface area contributed by atoms with Crippen LogP contribution in [0.5, 0.6) is 23.0 Å². The molecular formula is C54H34B2N2O2S2. The SMILES string of the molecule is c1ccc(N(c2ccccc2)c2cc3c4c(c2)-c2ccccc2SB4c2cc4c(cc2O3)Oc2cc(N(c3ccccc3)c3ccccc3)cc3c2B4Sc2ccccc2-3)cc1. The van der Waals surface area contributed by atoms with Crippen molar-refractivity contribution in [3.05, 3.63) is 206 Å². The van der Waals surface area contributed by atoms with Gasteiger partial charge in [0.25, 0.3) is 12.0 Å². The summed E-state index contributed by atoms with van der Waals surface area (Å²) in [5.74, 6) is 3.48. The second kappa shape index (κ2) is 14.3. The fourth-order valence-corrected chi connectivity index (χ4v) is 12.4. The number of ether oxygens (including phenoxy) is 2. The molecule has 0 bridgehead atoms. The Hall–Kier alpha value is -6.99. The Kier molecular flexibility index (Phi) is 8.24. The molecule has 62 heavy (non-hydrogen) atoms. The maximum absolute atomic E-state index is 7.16. The first-order chi connectivity index (χ1) is 30.7. The number of hydrogen-bond donors (Lipinski definition) is 0. The summed E-state index contributed by atoms with van der Waals surface area (Å²) in [4.78, 5) is 7.18. The first-order valence-corrected chi connectivity index (χ1v) is 22.7. The molecule has 0 spiro atoms. The van der Waals surface area contributed by atoms with Crippen LogP contribution in [0.3, 0.4) is 0 Å². The topological polar surface area (TPSA) is 24.9 Å². The Morgan fingerprint density at radius 3 is 1.05 bits per heavy atom. The van der Waals surface area contributed by atoms with Crippen molar-refractivity contribution in [1.82, 2.24) is 0 Å². The summed E-state index contributed by atoms with van der Waals surface area (Å²) < 4.78 is 14.3. The van der Waals surface area contributed by atoms with E-state index < -0.39 is 0 Å². The average Bonchev–Trinajstić information content (AvgIpc) is 3.32. The van der Waals surface area contributed by atoms with Crippen LogP contribution in [-0.4, -0.2) is 12.0 Å². The number of hydrogen-bond acceptors (Lipinski definition) is 6. The summed E-state index contributed by atoms with van der Waals surface area (Å²) in [7, 11) is 0. The number of nitrogens with zero attached hydrogens (tertiary/aromatic N) is 2. The van der Waals surface area contributed by atoms with Gasteiger partial charge < -0.3 is 19.3 Å². The van der Waals surface area contributed by atoms with E-state index in [0.29, 0.717) is 0 Å². The molecule has 4 nitrogen and oxygen atoms in total. The van der Waals surface area contributed by atoms with E-state index in [4.69, 9.17) is 9.47 Å². The Labute approximate surface area is 369 Å². The van der Waals surface area contributed by atoms with Crippen LogP contribution in [0.2, 0.25) is 0 Å². The molecule has 0 amide bonds. The van der Waals surface area contributed by atoms with Crippen LogP contribution >= 0.6 is 23.2 Å². The van der Waals surface area contributed by atoms with Crippen LogP contribution in [0, 0.1) is 0 Å². The monoisotopic (exact) mass is 828 g/mol. The average molecular weight is 829 g/mol. The van der Waals surface area contributed by atoms with Crippen LogP contribution in [0.4, 0.5) is 34.1 Å². The molecule has 9 aromatic rings. The zero-order valence-corrected chi connectivity index (χ0v) is 34.9. The minimum atomic E-state index is 0.0364. The minimum Gasteiger partial charge on any atom is -0.458 e. The molecule has 0 aromatic heterocycles. The number of fused-ring (bicyclic) bond motifs is 8. The zero-order chi connectivity index (χ0) is 40.7. The van der Waals surface area contributed by atoms with Crippen molar-refractivity contribution in [3.63, 3.8) is 0 Å². The molecule has 0 aliphatic carbocycles. The van der Waals surface area contributed by atoms with Gasteiger partial charge in [0.1, 0.15) is 23.0 Å². The molecule has 0 atom stereocenters. The van der Waals surface area contributed by atoms with E-state index in [9.17, 15) is 0 Å². The second-order valence-electron chi connectivity index (χ2n) is 15.9. The van der Waals surface area contributed by atoms with Gasteiger partial charge in [0.2, 0.25) is 0 Å². The second-order valence-corrected chi connectivity index (χ2v) is 18.2. The summed E-state index contributed by atoms with van der Waals surface area (Å²) in [6.45, 7) is 0. The predicted molar refractivity (Wildman–Crippen MR) is 261 cm³/mol. The highest BCUT2D eigenvalue weighted by atomic mass is 32.2. The van der Waals surface area contributed by atoms with Crippen molar-refractivity contribution < 1.29 is 9.47 Å². The third-order valence-electron chi connectivity index (χ3n) is 12.3. The van der Waals surface area contributed by atoms with Crippen LogP contribution < -0.4 is 41.1 Å². The van der Waals surface area contributed by atoms with Crippen molar-refractivity contribution in [2.24, 2.45) is 0 Å². The van der Waals surface area contributed by atoms with E-state index in [1.54, 1.807) is 0 Å². The van der Waals surface area contributed by atoms with E-state index in [2.05, 4.69) is 216 Å². The smallest absolute Gasteiger partial charge is 0.289 e. The van der Waals surface area contributed by atoms with Gasteiger partial charge in [-0.25, -0.2) is 0 Å². The van der Waals surface area contributed by atoms with Gasteiger partial charge in [0.05, 0.1) is 11.4 Å². The molecule has 0 unspecified atom stereocenters. The van der Waals surface area contributed by atoms with Gasteiger partial charge in [0, 0.05) is 50.7 Å². The third-order valence-corrected chi connectivity index (χ3v) is 15.0. The van der Waals surface area contributed by atoms with E-state index in [1.807, 2.05) is 23.2 Å². The van der Waals surface area contributed by atoms with Gasteiger partial charge in [-0.3, -0.25) is 0 Å². The lowest BCUT2D eigenvalue weighted by Gasteiger charge is -2.37. The van der Waals surface area contributed by atoms with Gasteiger partial charge >= 0.3 is 0 Å². The highest BCUT2D eigenvalue weighted by Gasteiger charge is 2.44. The first-order valence-electron chi connectivity index (χ1n) is 21.0. The highest BCUT2D eigenvalue weighted by Crippen LogP contribution is 2.50. The van der Waals surface area contributed by atoms with Gasteiger partial charge in [-0.2, -0.15) is 23.2 Å². The molecule has 0 saturated heterocycles. The van der Waals surface area contributed by atoms with E-state index in [-0.39, 0.29) is 12.0 Å². The van der Waals surface area contributed by atoms with Crippen molar-refractivity contribution in [3.8, 4) is 45.3 Å². The number of anilines is 6. The molecule has 290 valence electrons. The molecule has 4 aliphatic rings. The lowest BCUT2D eigenvalue weighted by Crippen LogP contribution is -2.52. The molecule has 0 saturated carbocycles.